The molecule has 0 aromatic carbocycles. The summed E-state index contributed by atoms with van der Waals surface area (Å²) in [6.45, 7) is 5.62. The quantitative estimate of drug-likeness (QED) is 0.821. The van der Waals surface area contributed by atoms with E-state index in [-0.39, 0.29) is 18.4 Å². The number of likely N-dealkylation sites (tertiary alicyclic amines) is 1. The molecule has 2 aliphatic rings. The Kier molecular flexibility index (Phi) is 4.52. The van der Waals surface area contributed by atoms with Gasteiger partial charge in [-0.3, -0.25) is 9.69 Å². The predicted molar refractivity (Wildman–Crippen MR) is 73.7 cm³/mol. The van der Waals surface area contributed by atoms with E-state index in [1.54, 1.807) is 4.90 Å². The molecule has 2 atom stereocenters. The molecule has 2 fully saturated rings. The number of oxazole rings is 1. The second-order valence-electron chi connectivity index (χ2n) is 5.70. The number of aromatic nitrogens is 1. The third kappa shape index (κ3) is 3.25. The maximum atomic E-state index is 12.3. The van der Waals surface area contributed by atoms with E-state index in [1.165, 1.54) is 12.7 Å². The van der Waals surface area contributed by atoms with Gasteiger partial charge in [0.05, 0.1) is 13.2 Å². The summed E-state index contributed by atoms with van der Waals surface area (Å²) < 4.78 is 10.2. The Morgan fingerprint density at radius 1 is 1.33 bits per heavy atom. The maximum Gasteiger partial charge on any atom is 0.275 e. The van der Waals surface area contributed by atoms with Gasteiger partial charge < -0.3 is 19.2 Å². The minimum Gasteiger partial charge on any atom is -0.451 e. The van der Waals surface area contributed by atoms with Crippen LogP contribution >= 0.6 is 0 Å². The molecule has 0 saturated carbocycles. The van der Waals surface area contributed by atoms with E-state index >= 15 is 0 Å². The number of aliphatic hydroxyl groups excluding tert-OH is 1. The monoisotopic (exact) mass is 295 g/mol. The number of hydrogen-bond donors (Lipinski definition) is 1. The Bertz CT molecular complexity index is 459. The first-order valence-corrected chi connectivity index (χ1v) is 7.36. The highest BCUT2D eigenvalue weighted by molar-refractivity contribution is 5.92. The summed E-state index contributed by atoms with van der Waals surface area (Å²) in [6.07, 6.45) is 2.63. The van der Waals surface area contributed by atoms with Crippen LogP contribution < -0.4 is 0 Å². The van der Waals surface area contributed by atoms with Gasteiger partial charge in [0, 0.05) is 45.2 Å². The molecule has 7 heteroatoms. The lowest BCUT2D eigenvalue weighted by Crippen LogP contribution is -2.41. The van der Waals surface area contributed by atoms with Gasteiger partial charge in [0.2, 0.25) is 0 Å². The number of morpholine rings is 1. The molecule has 2 saturated heterocycles. The van der Waals surface area contributed by atoms with Crippen LogP contribution in [0.5, 0.6) is 0 Å². The summed E-state index contributed by atoms with van der Waals surface area (Å²) in [5.41, 5.74) is 0.332. The molecule has 0 bridgehead atoms. The third-order valence-electron chi connectivity index (χ3n) is 4.35. The Hall–Kier alpha value is -1.44. The number of nitrogens with zero attached hydrogens (tertiary/aromatic N) is 3. The zero-order chi connectivity index (χ0) is 14.7. The first-order valence-electron chi connectivity index (χ1n) is 7.36. The fourth-order valence-electron chi connectivity index (χ4n) is 3.11. The van der Waals surface area contributed by atoms with Gasteiger partial charge in [0.25, 0.3) is 5.91 Å². The van der Waals surface area contributed by atoms with Crippen molar-refractivity contribution in [2.24, 2.45) is 11.8 Å². The largest absolute Gasteiger partial charge is 0.451 e. The summed E-state index contributed by atoms with van der Waals surface area (Å²) in [7, 11) is 0. The van der Waals surface area contributed by atoms with Crippen LogP contribution in [0.3, 0.4) is 0 Å². The lowest BCUT2D eigenvalue weighted by atomic mass is 9.96. The molecular weight excluding hydrogens is 274 g/mol. The van der Waals surface area contributed by atoms with Crippen LogP contribution in [0.2, 0.25) is 0 Å². The molecule has 1 amide bonds. The Labute approximate surface area is 123 Å². The minimum atomic E-state index is -0.119. The van der Waals surface area contributed by atoms with Crippen LogP contribution in [0.1, 0.15) is 10.5 Å². The van der Waals surface area contributed by atoms with Crippen molar-refractivity contribution in [3.05, 3.63) is 18.4 Å². The standard InChI is InChI=1S/C14H21N3O4/c18-8-12-7-17(14(19)13-9-21-10-15-13)6-11(12)5-16-1-3-20-4-2-16/h9-12,18H,1-8H2/t11-,12-/m1/s1. The molecule has 0 unspecified atom stereocenters. The van der Waals surface area contributed by atoms with Crippen LogP contribution in [-0.2, 0) is 4.74 Å². The van der Waals surface area contributed by atoms with Crippen LogP contribution in [0.25, 0.3) is 0 Å². The molecule has 3 heterocycles. The molecule has 2 aliphatic heterocycles. The predicted octanol–water partition coefficient (Wildman–Crippen LogP) is -0.313. The Balaban J connectivity index is 1.61. The molecule has 1 aromatic heterocycles. The smallest absolute Gasteiger partial charge is 0.275 e. The van der Waals surface area contributed by atoms with Gasteiger partial charge in [0.1, 0.15) is 6.26 Å². The molecule has 0 radical (unpaired) electrons. The fourth-order valence-corrected chi connectivity index (χ4v) is 3.11. The number of carbonyl (C=O) groups is 1. The lowest BCUT2D eigenvalue weighted by molar-refractivity contribution is 0.0264. The van der Waals surface area contributed by atoms with E-state index in [9.17, 15) is 9.90 Å². The maximum absolute atomic E-state index is 12.3. The van der Waals surface area contributed by atoms with Gasteiger partial charge >= 0.3 is 0 Å². The summed E-state index contributed by atoms with van der Waals surface area (Å²) in [6, 6.07) is 0. The zero-order valence-electron chi connectivity index (χ0n) is 12.0. The van der Waals surface area contributed by atoms with Crippen LogP contribution in [0, 0.1) is 11.8 Å². The molecule has 116 valence electrons. The van der Waals surface area contributed by atoms with E-state index in [0.717, 1.165) is 32.8 Å². The molecule has 7 nitrogen and oxygen atoms in total. The van der Waals surface area contributed by atoms with Crippen molar-refractivity contribution in [3.63, 3.8) is 0 Å². The number of hydrogen-bond acceptors (Lipinski definition) is 6. The van der Waals surface area contributed by atoms with Crippen molar-refractivity contribution in [1.29, 1.82) is 0 Å². The van der Waals surface area contributed by atoms with Crippen LogP contribution in [-0.4, -0.2) is 78.3 Å². The van der Waals surface area contributed by atoms with Crippen molar-refractivity contribution in [2.45, 2.75) is 0 Å². The minimum absolute atomic E-state index is 0.109. The van der Waals surface area contributed by atoms with Crippen LogP contribution in [0.4, 0.5) is 0 Å². The number of aliphatic hydroxyl groups is 1. The summed E-state index contributed by atoms with van der Waals surface area (Å²) in [4.78, 5) is 20.3. The van der Waals surface area contributed by atoms with Crippen molar-refractivity contribution in [2.75, 3.05) is 52.5 Å². The van der Waals surface area contributed by atoms with Gasteiger partial charge in [-0.15, -0.1) is 0 Å². The van der Waals surface area contributed by atoms with Gasteiger partial charge in [-0.1, -0.05) is 0 Å². The molecule has 0 spiro atoms. The van der Waals surface area contributed by atoms with E-state index < -0.39 is 0 Å². The van der Waals surface area contributed by atoms with Crippen molar-refractivity contribution >= 4 is 5.91 Å². The molecule has 3 rings (SSSR count). The highest BCUT2D eigenvalue weighted by Gasteiger charge is 2.36. The average molecular weight is 295 g/mol. The average Bonchev–Trinajstić information content (AvgIpc) is 3.17. The van der Waals surface area contributed by atoms with Gasteiger partial charge in [-0.2, -0.15) is 0 Å². The first kappa shape index (κ1) is 14.5. The highest BCUT2D eigenvalue weighted by atomic mass is 16.5. The number of ether oxygens (including phenoxy) is 1. The Morgan fingerprint density at radius 2 is 2.10 bits per heavy atom. The van der Waals surface area contributed by atoms with Gasteiger partial charge in [-0.25, -0.2) is 4.98 Å². The third-order valence-corrected chi connectivity index (χ3v) is 4.35. The van der Waals surface area contributed by atoms with Crippen LogP contribution in [0.15, 0.2) is 17.1 Å². The molecule has 21 heavy (non-hydrogen) atoms. The summed E-state index contributed by atoms with van der Waals surface area (Å²) in [5.74, 6) is 0.305. The summed E-state index contributed by atoms with van der Waals surface area (Å²) >= 11 is 0. The normalized spacial score (nSPS) is 27.2. The fraction of sp³-hybridized carbons (Fsp3) is 0.714. The van der Waals surface area contributed by atoms with Gasteiger partial charge in [-0.05, 0) is 5.92 Å². The molecular formula is C14H21N3O4. The topological polar surface area (TPSA) is 79.0 Å². The second-order valence-corrected chi connectivity index (χ2v) is 5.70. The zero-order valence-corrected chi connectivity index (χ0v) is 12.0. The van der Waals surface area contributed by atoms with E-state index in [2.05, 4.69) is 9.88 Å². The highest BCUT2D eigenvalue weighted by Crippen LogP contribution is 2.25. The molecule has 0 aliphatic carbocycles. The number of amides is 1. The van der Waals surface area contributed by atoms with Crippen molar-refractivity contribution in [1.82, 2.24) is 14.8 Å². The van der Waals surface area contributed by atoms with E-state index in [0.29, 0.717) is 24.7 Å². The Morgan fingerprint density at radius 3 is 2.76 bits per heavy atom. The number of carbonyl (C=O) groups excluding carboxylic acids is 1. The van der Waals surface area contributed by atoms with Crippen molar-refractivity contribution in [3.8, 4) is 0 Å². The molecule has 1 N–H and O–H groups in total. The second kappa shape index (κ2) is 6.55. The molecule has 1 aromatic rings. The first-order chi connectivity index (χ1) is 10.3. The number of rotatable bonds is 4. The lowest BCUT2D eigenvalue weighted by Gasteiger charge is -2.30. The SMILES string of the molecule is O=C(c1cocn1)N1C[C@@H](CN2CCOCC2)[C@@H](CO)C1. The van der Waals surface area contributed by atoms with E-state index in [1.807, 2.05) is 0 Å². The van der Waals surface area contributed by atoms with Crippen molar-refractivity contribution < 1.29 is 19.1 Å². The summed E-state index contributed by atoms with van der Waals surface area (Å²) in [5, 5.41) is 9.58. The van der Waals surface area contributed by atoms with E-state index in [4.69, 9.17) is 9.15 Å². The van der Waals surface area contributed by atoms with Gasteiger partial charge in [0.15, 0.2) is 12.1 Å².